The number of benzene rings is 2. The van der Waals surface area contributed by atoms with Gasteiger partial charge >= 0.3 is 6.03 Å². The molecule has 1 aromatic heterocycles. The molecule has 0 aliphatic carbocycles. The summed E-state index contributed by atoms with van der Waals surface area (Å²) in [5.74, 6) is 0.602. The zero-order valence-electron chi connectivity index (χ0n) is 16.2. The largest absolute Gasteiger partial charge is 0.337 e. The normalized spacial score (nSPS) is 17.5. The molecule has 154 valence electrons. The number of amidine groups is 1. The molecule has 1 aliphatic heterocycles. The fraction of sp³-hybridized carbons (Fsp3) is 0.227. The molecule has 6 nitrogen and oxygen atoms in total. The summed E-state index contributed by atoms with van der Waals surface area (Å²) in [6.45, 7) is 1.78. The predicted octanol–water partition coefficient (Wildman–Crippen LogP) is 4.95. The Bertz CT molecular complexity index is 1030. The van der Waals surface area contributed by atoms with E-state index in [0.717, 1.165) is 24.1 Å². The summed E-state index contributed by atoms with van der Waals surface area (Å²) in [6.07, 6.45) is 6.22. The molecule has 2 aromatic carbocycles. The van der Waals surface area contributed by atoms with Gasteiger partial charge in [-0.2, -0.15) is 0 Å². The van der Waals surface area contributed by atoms with Crippen LogP contribution in [0.5, 0.6) is 0 Å². The molecule has 1 saturated heterocycles. The summed E-state index contributed by atoms with van der Waals surface area (Å²) in [5.41, 5.74) is 1.87. The predicted molar refractivity (Wildman–Crippen MR) is 119 cm³/mol. The second-order valence-corrected chi connectivity index (χ2v) is 7.87. The van der Waals surface area contributed by atoms with E-state index in [9.17, 15) is 4.79 Å². The fourth-order valence-electron chi connectivity index (χ4n) is 3.49. The van der Waals surface area contributed by atoms with E-state index in [0.29, 0.717) is 29.0 Å². The van der Waals surface area contributed by atoms with Crippen LogP contribution in [-0.4, -0.2) is 32.9 Å². The Morgan fingerprint density at radius 1 is 1.07 bits per heavy atom. The minimum Gasteiger partial charge on any atom is -0.337 e. The van der Waals surface area contributed by atoms with E-state index in [4.69, 9.17) is 28.2 Å². The summed E-state index contributed by atoms with van der Waals surface area (Å²) in [6, 6.07) is 14.6. The number of imidazole rings is 1. The average Bonchev–Trinajstić information content (AvgIpc) is 3.36. The maximum Gasteiger partial charge on any atom is 0.323 e. The van der Waals surface area contributed by atoms with Crippen LogP contribution in [0, 0.1) is 0 Å². The van der Waals surface area contributed by atoms with Crippen LogP contribution >= 0.6 is 23.2 Å². The summed E-state index contributed by atoms with van der Waals surface area (Å²) < 4.78 is 1.99. The molecule has 0 saturated carbocycles. The van der Waals surface area contributed by atoms with Crippen molar-refractivity contribution in [2.24, 2.45) is 4.99 Å². The number of nitrogens with one attached hydrogen (secondary N) is 1. The number of aromatic nitrogens is 2. The van der Waals surface area contributed by atoms with Crippen LogP contribution in [0.4, 0.5) is 4.79 Å². The number of aliphatic imine (C=N–C) groups is 1. The number of carbonyl (C=O) groups is 1. The Morgan fingerprint density at radius 2 is 1.87 bits per heavy atom. The van der Waals surface area contributed by atoms with E-state index in [1.54, 1.807) is 17.4 Å². The first-order valence-corrected chi connectivity index (χ1v) is 10.4. The van der Waals surface area contributed by atoms with Gasteiger partial charge in [0, 0.05) is 41.1 Å². The Labute approximate surface area is 185 Å². The SMILES string of the molecule is O=C1N/C(=N\Cc2ccc(Cl)cc2)C(c2ccccc2Cl)N1CCCn1ccnc1. The minimum absolute atomic E-state index is 0.166. The van der Waals surface area contributed by atoms with Gasteiger partial charge in [-0.3, -0.25) is 10.3 Å². The molecule has 8 heteroatoms. The van der Waals surface area contributed by atoms with E-state index in [1.807, 2.05) is 59.3 Å². The third kappa shape index (κ3) is 4.66. The van der Waals surface area contributed by atoms with Crippen LogP contribution in [0.25, 0.3) is 0 Å². The van der Waals surface area contributed by atoms with Crippen molar-refractivity contribution in [2.45, 2.75) is 25.6 Å². The fourth-order valence-corrected chi connectivity index (χ4v) is 3.86. The molecule has 0 spiro atoms. The van der Waals surface area contributed by atoms with Gasteiger partial charge in [0.1, 0.15) is 11.9 Å². The quantitative estimate of drug-likeness (QED) is 0.563. The summed E-state index contributed by atoms with van der Waals surface area (Å²) in [4.78, 5) is 23.3. The summed E-state index contributed by atoms with van der Waals surface area (Å²) in [5, 5.41) is 4.23. The smallest absolute Gasteiger partial charge is 0.323 e. The van der Waals surface area contributed by atoms with Crippen molar-refractivity contribution in [3.63, 3.8) is 0 Å². The lowest BCUT2D eigenvalue weighted by atomic mass is 10.1. The molecule has 1 N–H and O–H groups in total. The highest BCUT2D eigenvalue weighted by Gasteiger charge is 2.38. The third-order valence-corrected chi connectivity index (χ3v) is 5.58. The first-order chi connectivity index (χ1) is 14.6. The lowest BCUT2D eigenvalue weighted by Gasteiger charge is -2.24. The van der Waals surface area contributed by atoms with E-state index in [2.05, 4.69) is 10.3 Å². The van der Waals surface area contributed by atoms with Gasteiger partial charge in [-0.25, -0.2) is 9.78 Å². The maximum atomic E-state index is 12.8. The molecule has 2 amide bonds. The zero-order valence-corrected chi connectivity index (χ0v) is 17.7. The topological polar surface area (TPSA) is 62.5 Å². The highest BCUT2D eigenvalue weighted by Crippen LogP contribution is 2.32. The van der Waals surface area contributed by atoms with Crippen LogP contribution in [0.2, 0.25) is 10.0 Å². The van der Waals surface area contributed by atoms with Gasteiger partial charge in [0.2, 0.25) is 0 Å². The number of urea groups is 1. The number of amides is 2. The van der Waals surface area contributed by atoms with Crippen LogP contribution in [0.15, 0.2) is 72.2 Å². The van der Waals surface area contributed by atoms with Crippen molar-refractivity contribution in [1.82, 2.24) is 19.8 Å². The number of hydrogen-bond donors (Lipinski definition) is 1. The first kappa shape index (κ1) is 20.4. The molecular weight excluding hydrogens is 421 g/mol. The van der Waals surface area contributed by atoms with Crippen LogP contribution < -0.4 is 5.32 Å². The van der Waals surface area contributed by atoms with Crippen molar-refractivity contribution in [1.29, 1.82) is 0 Å². The Morgan fingerprint density at radius 3 is 2.60 bits per heavy atom. The molecule has 0 radical (unpaired) electrons. The summed E-state index contributed by atoms with van der Waals surface area (Å²) in [7, 11) is 0. The van der Waals surface area contributed by atoms with Gasteiger partial charge in [-0.15, -0.1) is 0 Å². The Balaban J connectivity index is 1.57. The zero-order chi connectivity index (χ0) is 20.9. The van der Waals surface area contributed by atoms with Crippen molar-refractivity contribution in [2.75, 3.05) is 6.54 Å². The third-order valence-electron chi connectivity index (χ3n) is 4.99. The highest BCUT2D eigenvalue weighted by molar-refractivity contribution is 6.32. The standard InChI is InChI=1S/C22H21Cl2N5O/c23-17-8-6-16(7-9-17)14-26-21-20(18-4-1-2-5-19(18)24)29(22(30)27-21)12-3-11-28-13-10-25-15-28/h1-2,4-10,13,15,20H,3,11-12,14H2,(H,26,27,30). The van der Waals surface area contributed by atoms with E-state index >= 15 is 0 Å². The molecule has 0 bridgehead atoms. The first-order valence-electron chi connectivity index (χ1n) is 9.68. The van der Waals surface area contributed by atoms with Crippen molar-refractivity contribution in [3.05, 3.63) is 88.4 Å². The molecule has 2 heterocycles. The number of rotatable bonds is 7. The van der Waals surface area contributed by atoms with Gasteiger partial charge in [-0.05, 0) is 30.2 Å². The van der Waals surface area contributed by atoms with Gasteiger partial charge in [0.25, 0.3) is 0 Å². The number of carbonyl (C=O) groups excluding carboxylic acids is 1. The summed E-state index contributed by atoms with van der Waals surface area (Å²) >= 11 is 12.4. The second kappa shape index (κ2) is 9.32. The molecule has 30 heavy (non-hydrogen) atoms. The molecular formula is C22H21Cl2N5O. The highest BCUT2D eigenvalue weighted by atomic mass is 35.5. The molecule has 4 rings (SSSR count). The maximum absolute atomic E-state index is 12.8. The molecule has 1 atom stereocenters. The van der Waals surface area contributed by atoms with Crippen molar-refractivity contribution < 1.29 is 4.79 Å². The van der Waals surface area contributed by atoms with Gasteiger partial charge in [-0.1, -0.05) is 53.5 Å². The van der Waals surface area contributed by atoms with Gasteiger partial charge in [0.15, 0.2) is 0 Å². The Hall–Kier alpha value is -2.83. The van der Waals surface area contributed by atoms with Gasteiger partial charge in [0.05, 0.1) is 12.9 Å². The lowest BCUT2D eigenvalue weighted by molar-refractivity contribution is 0.204. The van der Waals surface area contributed by atoms with E-state index in [1.165, 1.54) is 0 Å². The molecule has 3 aromatic rings. The van der Waals surface area contributed by atoms with Crippen molar-refractivity contribution in [3.8, 4) is 0 Å². The lowest BCUT2D eigenvalue weighted by Crippen LogP contribution is -2.31. The minimum atomic E-state index is -0.346. The van der Waals surface area contributed by atoms with Gasteiger partial charge < -0.3 is 9.47 Å². The molecule has 1 aliphatic rings. The second-order valence-electron chi connectivity index (χ2n) is 7.03. The number of hydrogen-bond acceptors (Lipinski definition) is 3. The van der Waals surface area contributed by atoms with E-state index < -0.39 is 0 Å². The monoisotopic (exact) mass is 441 g/mol. The van der Waals surface area contributed by atoms with Crippen LogP contribution in [-0.2, 0) is 13.1 Å². The number of halogens is 2. The van der Waals surface area contributed by atoms with Crippen LogP contribution in [0.3, 0.4) is 0 Å². The Kier molecular flexibility index (Phi) is 6.35. The molecule has 1 fully saturated rings. The van der Waals surface area contributed by atoms with Crippen molar-refractivity contribution >= 4 is 35.1 Å². The number of nitrogens with zero attached hydrogens (tertiary/aromatic N) is 4. The number of aryl methyl sites for hydroxylation is 1. The average molecular weight is 442 g/mol. The van der Waals surface area contributed by atoms with Crippen LogP contribution in [0.1, 0.15) is 23.6 Å². The molecule has 1 unspecified atom stereocenters. The van der Waals surface area contributed by atoms with E-state index in [-0.39, 0.29) is 12.1 Å².